The van der Waals surface area contributed by atoms with Crippen molar-refractivity contribution in [2.45, 2.75) is 0 Å². The highest BCUT2D eigenvalue weighted by molar-refractivity contribution is 6.01. The van der Waals surface area contributed by atoms with E-state index in [1.54, 1.807) is 6.20 Å². The van der Waals surface area contributed by atoms with Crippen LogP contribution in [-0.2, 0) is 9.47 Å². The van der Waals surface area contributed by atoms with Crippen LogP contribution >= 0.6 is 0 Å². The number of aldehydes is 1. The molecule has 1 aromatic rings. The molecule has 0 bridgehead atoms. The van der Waals surface area contributed by atoms with Crippen molar-refractivity contribution >= 4 is 17.9 Å². The highest BCUT2D eigenvalue weighted by atomic mass is 16.5. The van der Waals surface area contributed by atoms with Crippen molar-refractivity contribution in [2.24, 2.45) is 0 Å². The Morgan fingerprint density at radius 2 is 2.17 bits per heavy atom. The smallest absolute Gasteiger partial charge is 0.340 e. The Labute approximate surface area is 105 Å². The molecule has 6 heteroatoms. The van der Waals surface area contributed by atoms with Crippen molar-refractivity contribution in [3.8, 4) is 0 Å². The van der Waals surface area contributed by atoms with E-state index in [9.17, 15) is 9.59 Å². The van der Waals surface area contributed by atoms with Gasteiger partial charge in [-0.15, -0.1) is 0 Å². The van der Waals surface area contributed by atoms with Gasteiger partial charge in [-0.3, -0.25) is 9.78 Å². The molecular formula is C12H14N2O4. The average Bonchev–Trinajstić information content (AvgIpc) is 2.46. The molecule has 0 saturated carbocycles. The Hall–Kier alpha value is -1.95. The zero-order valence-electron chi connectivity index (χ0n) is 10.1. The van der Waals surface area contributed by atoms with Crippen LogP contribution in [0, 0.1) is 0 Å². The molecule has 1 aliphatic rings. The molecule has 0 radical (unpaired) electrons. The maximum atomic E-state index is 11.6. The largest absolute Gasteiger partial charge is 0.465 e. The molecule has 0 N–H and O–H groups in total. The third kappa shape index (κ3) is 2.33. The van der Waals surface area contributed by atoms with Gasteiger partial charge in [-0.25, -0.2) is 4.79 Å². The number of morpholine rings is 1. The van der Waals surface area contributed by atoms with Crippen LogP contribution in [-0.4, -0.2) is 50.7 Å². The summed E-state index contributed by atoms with van der Waals surface area (Å²) in [5, 5.41) is 0. The fourth-order valence-electron chi connectivity index (χ4n) is 1.91. The highest BCUT2D eigenvalue weighted by Gasteiger charge is 2.20. The topological polar surface area (TPSA) is 68.7 Å². The maximum absolute atomic E-state index is 11.6. The molecular weight excluding hydrogens is 236 g/mol. The molecule has 1 aliphatic heterocycles. The Morgan fingerprint density at radius 3 is 2.78 bits per heavy atom. The first-order valence-electron chi connectivity index (χ1n) is 5.62. The zero-order chi connectivity index (χ0) is 13.0. The molecule has 0 unspecified atom stereocenters. The van der Waals surface area contributed by atoms with Crippen LogP contribution in [0.15, 0.2) is 12.4 Å². The number of anilines is 1. The van der Waals surface area contributed by atoms with Crippen LogP contribution in [0.5, 0.6) is 0 Å². The van der Waals surface area contributed by atoms with E-state index in [0.717, 1.165) is 0 Å². The minimum absolute atomic E-state index is 0.191. The standard InChI is InChI=1S/C12H14N2O4/c1-17-12(16)9-6-13-7-11(10(9)8-15)14-2-4-18-5-3-14/h6-8H,2-5H2,1H3. The van der Waals surface area contributed by atoms with Crippen molar-refractivity contribution in [1.29, 1.82) is 0 Å². The number of hydrogen-bond acceptors (Lipinski definition) is 6. The Kier molecular flexibility index (Phi) is 3.88. The van der Waals surface area contributed by atoms with Crippen LogP contribution < -0.4 is 4.90 Å². The van der Waals surface area contributed by atoms with E-state index in [2.05, 4.69) is 9.72 Å². The van der Waals surface area contributed by atoms with E-state index in [4.69, 9.17) is 4.74 Å². The molecule has 18 heavy (non-hydrogen) atoms. The number of rotatable bonds is 3. The third-order valence-corrected chi connectivity index (χ3v) is 2.84. The fourth-order valence-corrected chi connectivity index (χ4v) is 1.91. The van der Waals surface area contributed by atoms with Crippen molar-refractivity contribution in [3.05, 3.63) is 23.5 Å². The van der Waals surface area contributed by atoms with E-state index in [-0.39, 0.29) is 5.56 Å². The molecule has 6 nitrogen and oxygen atoms in total. The van der Waals surface area contributed by atoms with Gasteiger partial charge in [0.15, 0.2) is 6.29 Å². The summed E-state index contributed by atoms with van der Waals surface area (Å²) in [4.78, 5) is 28.8. The molecule has 0 aliphatic carbocycles. The lowest BCUT2D eigenvalue weighted by Crippen LogP contribution is -2.37. The number of pyridine rings is 1. The van der Waals surface area contributed by atoms with Crippen molar-refractivity contribution in [3.63, 3.8) is 0 Å². The summed E-state index contributed by atoms with van der Waals surface area (Å²) in [6.45, 7) is 2.54. The summed E-state index contributed by atoms with van der Waals surface area (Å²) in [6.07, 6.45) is 3.60. The molecule has 0 spiro atoms. The summed E-state index contributed by atoms with van der Waals surface area (Å²) >= 11 is 0. The first-order chi connectivity index (χ1) is 8.77. The van der Waals surface area contributed by atoms with Gasteiger partial charge in [-0.2, -0.15) is 0 Å². The summed E-state index contributed by atoms with van der Waals surface area (Å²) < 4.78 is 9.89. The average molecular weight is 250 g/mol. The van der Waals surface area contributed by atoms with E-state index in [1.165, 1.54) is 13.3 Å². The summed E-state index contributed by atoms with van der Waals surface area (Å²) in [7, 11) is 1.28. The minimum Gasteiger partial charge on any atom is -0.465 e. The van der Waals surface area contributed by atoms with Crippen molar-refractivity contribution < 1.29 is 19.1 Å². The predicted molar refractivity (Wildman–Crippen MR) is 64.0 cm³/mol. The van der Waals surface area contributed by atoms with E-state index in [1.807, 2.05) is 4.90 Å². The van der Waals surface area contributed by atoms with Gasteiger partial charge in [0.2, 0.25) is 0 Å². The number of nitrogens with zero attached hydrogens (tertiary/aromatic N) is 2. The van der Waals surface area contributed by atoms with Gasteiger partial charge in [0.1, 0.15) is 0 Å². The molecule has 96 valence electrons. The third-order valence-electron chi connectivity index (χ3n) is 2.84. The summed E-state index contributed by atoms with van der Waals surface area (Å²) in [5.74, 6) is -0.556. The second-order valence-electron chi connectivity index (χ2n) is 3.83. The first kappa shape index (κ1) is 12.5. The number of esters is 1. The van der Waals surface area contributed by atoms with Gasteiger partial charge >= 0.3 is 5.97 Å². The summed E-state index contributed by atoms with van der Waals surface area (Å²) in [5.41, 5.74) is 1.16. The maximum Gasteiger partial charge on any atom is 0.340 e. The Morgan fingerprint density at radius 1 is 1.44 bits per heavy atom. The van der Waals surface area contributed by atoms with Crippen LogP contribution in [0.2, 0.25) is 0 Å². The Balaban J connectivity index is 2.40. The number of carbonyl (C=O) groups excluding carboxylic acids is 2. The quantitative estimate of drug-likeness (QED) is 0.575. The Bertz CT molecular complexity index is 455. The van der Waals surface area contributed by atoms with E-state index >= 15 is 0 Å². The SMILES string of the molecule is COC(=O)c1cncc(N2CCOCC2)c1C=O. The molecule has 1 saturated heterocycles. The highest BCUT2D eigenvalue weighted by Crippen LogP contribution is 2.22. The monoisotopic (exact) mass is 250 g/mol. The number of methoxy groups -OCH3 is 1. The second-order valence-corrected chi connectivity index (χ2v) is 3.83. The van der Waals surface area contributed by atoms with E-state index < -0.39 is 5.97 Å². The van der Waals surface area contributed by atoms with Gasteiger partial charge < -0.3 is 14.4 Å². The molecule has 2 rings (SSSR count). The zero-order valence-corrected chi connectivity index (χ0v) is 10.1. The first-order valence-corrected chi connectivity index (χ1v) is 5.62. The molecule has 0 atom stereocenters. The molecule has 0 amide bonds. The summed E-state index contributed by atoms with van der Waals surface area (Å²) in [6, 6.07) is 0. The van der Waals surface area contributed by atoms with Crippen LogP contribution in [0.3, 0.4) is 0 Å². The van der Waals surface area contributed by atoms with Gasteiger partial charge in [0.25, 0.3) is 0 Å². The van der Waals surface area contributed by atoms with Crippen molar-refractivity contribution in [1.82, 2.24) is 4.98 Å². The molecule has 0 aromatic carbocycles. The number of aromatic nitrogens is 1. The lowest BCUT2D eigenvalue weighted by atomic mass is 10.1. The van der Waals surface area contributed by atoms with Crippen LogP contribution in [0.1, 0.15) is 20.7 Å². The number of hydrogen-bond donors (Lipinski definition) is 0. The van der Waals surface area contributed by atoms with Gasteiger partial charge in [0.05, 0.1) is 43.3 Å². The number of carbonyl (C=O) groups is 2. The lowest BCUT2D eigenvalue weighted by molar-refractivity contribution is 0.0598. The van der Waals surface area contributed by atoms with E-state index in [0.29, 0.717) is 43.8 Å². The number of ether oxygens (including phenoxy) is 2. The molecule has 1 aromatic heterocycles. The molecule has 1 fully saturated rings. The molecule has 2 heterocycles. The van der Waals surface area contributed by atoms with Gasteiger partial charge in [-0.1, -0.05) is 0 Å². The van der Waals surface area contributed by atoms with Crippen LogP contribution in [0.4, 0.5) is 5.69 Å². The second kappa shape index (κ2) is 5.59. The lowest BCUT2D eigenvalue weighted by Gasteiger charge is -2.29. The van der Waals surface area contributed by atoms with Crippen molar-refractivity contribution in [2.75, 3.05) is 38.3 Å². The van der Waals surface area contributed by atoms with Gasteiger partial charge in [0, 0.05) is 19.3 Å². The predicted octanol–water partition coefficient (Wildman–Crippen LogP) is 0.517. The minimum atomic E-state index is -0.556. The normalized spacial score (nSPS) is 15.3. The van der Waals surface area contributed by atoms with Crippen LogP contribution in [0.25, 0.3) is 0 Å². The van der Waals surface area contributed by atoms with Gasteiger partial charge in [-0.05, 0) is 0 Å². The fraction of sp³-hybridized carbons (Fsp3) is 0.417.